The number of hydrogen-bond acceptors (Lipinski definition) is 3. The maximum atomic E-state index is 12.6. The summed E-state index contributed by atoms with van der Waals surface area (Å²) in [6.45, 7) is 2.57. The molecular weight excluding hydrogens is 476 g/mol. The second kappa shape index (κ2) is 8.94. The van der Waals surface area contributed by atoms with Crippen molar-refractivity contribution >= 4 is 37.9 Å². The molecule has 1 aromatic heterocycles. The van der Waals surface area contributed by atoms with E-state index in [0.717, 1.165) is 14.6 Å². The zero-order valence-electron chi connectivity index (χ0n) is 12.1. The molecule has 1 aliphatic rings. The third-order valence-electron chi connectivity index (χ3n) is 3.21. The third-order valence-corrected chi connectivity index (χ3v) is 5.12. The fourth-order valence-corrected chi connectivity index (χ4v) is 3.18. The molecule has 1 unspecified atom stereocenters. The number of carbonyl (C=O) groups is 1. The molecule has 2 heterocycles. The zero-order chi connectivity index (χ0) is 15.8. The molecule has 1 saturated heterocycles. The first-order chi connectivity index (χ1) is 10.7. The number of carbonyl (C=O) groups excluding carboxylic acids is 1. The summed E-state index contributed by atoms with van der Waals surface area (Å²) in [4.78, 5) is 13.9. The van der Waals surface area contributed by atoms with Crippen LogP contribution < -0.4 is 10.6 Å². The summed E-state index contributed by atoms with van der Waals surface area (Å²) in [7, 11) is 0. The summed E-state index contributed by atoms with van der Waals surface area (Å²) in [5.41, 5.74) is 2.37. The molecule has 0 aliphatic carbocycles. The van der Waals surface area contributed by atoms with E-state index in [1.807, 2.05) is 12.1 Å². The Morgan fingerprint density at radius 3 is 2.73 bits per heavy atom. The van der Waals surface area contributed by atoms with Crippen molar-refractivity contribution < 1.29 is 9.18 Å². The molecule has 22 heavy (non-hydrogen) atoms. The Bertz CT molecular complexity index is 601. The van der Waals surface area contributed by atoms with Crippen LogP contribution in [0.2, 0.25) is 3.48 Å². The molecule has 1 aromatic carbocycles. The summed E-state index contributed by atoms with van der Waals surface area (Å²) in [5.74, 6) is -0.508. The molecule has 2 N–H and O–H groups in total. The number of anilines is 1. The summed E-state index contributed by atoms with van der Waals surface area (Å²) in [6.07, 6.45) is 3.50. The molecule has 1 atom stereocenters. The van der Waals surface area contributed by atoms with Crippen LogP contribution in [0.15, 0.2) is 42.6 Å². The first kappa shape index (κ1) is 17.0. The molecular formula is C16H17FN3OPb. The molecule has 113 valence electrons. The summed E-state index contributed by atoms with van der Waals surface area (Å²) >= 11 is 1.39. The van der Waals surface area contributed by atoms with Gasteiger partial charge in [0, 0.05) is 17.4 Å². The van der Waals surface area contributed by atoms with Crippen molar-refractivity contribution in [1.82, 2.24) is 10.3 Å². The van der Waals surface area contributed by atoms with Crippen LogP contribution in [-0.2, 0) is 4.79 Å². The molecule has 2 aromatic rings. The number of nitrogens with zero attached hydrogens (tertiary/aromatic N) is 1. The van der Waals surface area contributed by atoms with Gasteiger partial charge in [-0.1, -0.05) is 12.1 Å². The summed E-state index contributed by atoms with van der Waals surface area (Å²) in [6, 6.07) is 10.2. The van der Waals surface area contributed by atoms with Crippen LogP contribution in [0.5, 0.6) is 0 Å². The Labute approximate surface area is 145 Å². The minimum atomic E-state index is -0.508. The van der Waals surface area contributed by atoms with Crippen LogP contribution in [0, 0.1) is 5.95 Å². The Hall–Kier alpha value is -1.35. The number of nitrogens with one attached hydrogen (secondary N) is 2. The number of benzene rings is 1. The average molecular weight is 494 g/mol. The van der Waals surface area contributed by atoms with Crippen molar-refractivity contribution in [3.8, 4) is 11.1 Å². The van der Waals surface area contributed by atoms with E-state index < -0.39 is 5.95 Å². The number of pyridine rings is 1. The van der Waals surface area contributed by atoms with Crippen molar-refractivity contribution in [2.75, 3.05) is 18.4 Å². The summed E-state index contributed by atoms with van der Waals surface area (Å²) < 4.78 is 13.7. The molecule has 6 heteroatoms. The molecule has 0 bridgehead atoms. The van der Waals surface area contributed by atoms with Crippen molar-refractivity contribution in [2.45, 2.75) is 9.90 Å². The van der Waals surface area contributed by atoms with Gasteiger partial charge in [0.25, 0.3) is 0 Å². The number of halogens is 1. The molecule has 0 saturated carbocycles. The molecule has 1 amide bonds. The van der Waals surface area contributed by atoms with Gasteiger partial charge in [0.15, 0.2) is 0 Å². The van der Waals surface area contributed by atoms with Gasteiger partial charge in [0.1, 0.15) is 0 Å². The molecule has 3 radical (unpaired) electrons. The van der Waals surface area contributed by atoms with Gasteiger partial charge in [-0.25, -0.2) is 4.98 Å². The van der Waals surface area contributed by atoms with Crippen molar-refractivity contribution in [3.05, 3.63) is 48.5 Å². The third kappa shape index (κ3) is 5.45. The van der Waals surface area contributed by atoms with Gasteiger partial charge >= 0.3 is 54.1 Å². The monoisotopic (exact) mass is 494 g/mol. The van der Waals surface area contributed by atoms with Crippen LogP contribution >= 0.6 is 0 Å². The first-order valence-electron chi connectivity index (χ1n) is 7.03. The van der Waals surface area contributed by atoms with Crippen LogP contribution in [0.1, 0.15) is 6.42 Å². The van der Waals surface area contributed by atoms with Gasteiger partial charge < -0.3 is 5.32 Å². The number of rotatable bonds is 3. The zero-order valence-corrected chi connectivity index (χ0v) is 15.9. The van der Waals surface area contributed by atoms with Gasteiger partial charge in [0.05, 0.1) is 0 Å². The van der Waals surface area contributed by atoms with E-state index in [-0.39, 0.29) is 0 Å². The fourth-order valence-electron chi connectivity index (χ4n) is 2.06. The van der Waals surface area contributed by atoms with Crippen LogP contribution in [0.25, 0.3) is 11.1 Å². The SMILES string of the molecule is O=CNc1cccc(-c2ccc(F)nc2)c1.[Pb][CH]1CCNC1. The second-order valence-corrected chi connectivity index (χ2v) is 8.08. The Morgan fingerprint density at radius 1 is 1.32 bits per heavy atom. The Morgan fingerprint density at radius 2 is 2.18 bits per heavy atom. The van der Waals surface area contributed by atoms with E-state index in [4.69, 9.17) is 0 Å². The van der Waals surface area contributed by atoms with E-state index in [9.17, 15) is 9.18 Å². The fraction of sp³-hybridized carbons (Fsp3) is 0.250. The van der Waals surface area contributed by atoms with E-state index in [2.05, 4.69) is 15.6 Å². The van der Waals surface area contributed by atoms with Gasteiger partial charge in [-0.15, -0.1) is 0 Å². The maximum absolute atomic E-state index is 12.6. The second-order valence-electron chi connectivity index (χ2n) is 4.90. The first-order valence-corrected chi connectivity index (χ1v) is 9.27. The van der Waals surface area contributed by atoms with E-state index in [0.29, 0.717) is 12.1 Å². The molecule has 4 nitrogen and oxygen atoms in total. The predicted molar refractivity (Wildman–Crippen MR) is 86.3 cm³/mol. The van der Waals surface area contributed by atoms with Gasteiger partial charge in [-0.05, 0) is 29.8 Å². The van der Waals surface area contributed by atoms with E-state index >= 15 is 0 Å². The van der Waals surface area contributed by atoms with Crippen LogP contribution in [-0.4, -0.2) is 50.3 Å². The van der Waals surface area contributed by atoms with Crippen LogP contribution in [0.4, 0.5) is 10.1 Å². The number of aromatic nitrogens is 1. The number of hydrogen-bond donors (Lipinski definition) is 2. The normalized spacial score (nSPS) is 16.5. The summed E-state index contributed by atoms with van der Waals surface area (Å²) in [5, 5.41) is 5.86. The Kier molecular flexibility index (Phi) is 6.91. The van der Waals surface area contributed by atoms with Crippen molar-refractivity contribution in [3.63, 3.8) is 0 Å². The van der Waals surface area contributed by atoms with Crippen molar-refractivity contribution in [1.29, 1.82) is 0 Å². The van der Waals surface area contributed by atoms with Gasteiger partial charge in [-0.3, -0.25) is 4.79 Å². The standard InChI is InChI=1S/C12H9FN2O.C4H8N.Pb/c13-12-5-4-10(7-14-12)9-2-1-3-11(6-9)15-8-16;1-2-4-5-3-1;/h1-8H,(H,15,16);1,5H,2-4H2;. The molecule has 1 fully saturated rings. The molecule has 1 aliphatic heterocycles. The molecule has 0 spiro atoms. The quantitative estimate of drug-likeness (QED) is 0.392. The number of amides is 1. The average Bonchev–Trinajstić information content (AvgIpc) is 3.00. The van der Waals surface area contributed by atoms with Crippen LogP contribution in [0.3, 0.4) is 0 Å². The van der Waals surface area contributed by atoms with E-state index in [1.165, 1.54) is 57.5 Å². The van der Waals surface area contributed by atoms with E-state index in [1.54, 1.807) is 18.2 Å². The molecule has 3 rings (SSSR count). The minimum absolute atomic E-state index is 0.508. The topological polar surface area (TPSA) is 54.0 Å². The predicted octanol–water partition coefficient (Wildman–Crippen LogP) is 2.39. The van der Waals surface area contributed by atoms with Gasteiger partial charge in [0.2, 0.25) is 12.4 Å². The van der Waals surface area contributed by atoms with Crippen molar-refractivity contribution in [2.24, 2.45) is 0 Å². The Balaban J connectivity index is 0.000000246. The van der Waals surface area contributed by atoms with Gasteiger partial charge in [-0.2, -0.15) is 4.39 Å².